The van der Waals surface area contributed by atoms with Crippen molar-refractivity contribution in [2.75, 3.05) is 26.9 Å². The van der Waals surface area contributed by atoms with Crippen molar-refractivity contribution in [1.29, 1.82) is 0 Å². The quantitative estimate of drug-likeness (QED) is 0.543. The molecule has 16 heavy (non-hydrogen) atoms. The Morgan fingerprint density at radius 2 is 2.19 bits per heavy atom. The third-order valence-corrected chi connectivity index (χ3v) is 3.05. The molecule has 1 aromatic rings. The highest BCUT2D eigenvalue weighted by molar-refractivity contribution is 9.09. The molecule has 6 heteroatoms. The Kier molecular flexibility index (Phi) is 6.59. The summed E-state index contributed by atoms with van der Waals surface area (Å²) in [6.45, 7) is 3.84. The maximum absolute atomic E-state index is 5.32. The van der Waals surface area contributed by atoms with Gasteiger partial charge in [-0.05, 0) is 6.42 Å². The molecular formula is C10H17BrN2O3. The molecule has 0 aromatic carbocycles. The van der Waals surface area contributed by atoms with Crippen LogP contribution in [0, 0.1) is 0 Å². The third kappa shape index (κ3) is 4.59. The van der Waals surface area contributed by atoms with Crippen molar-refractivity contribution >= 4 is 15.9 Å². The van der Waals surface area contributed by atoms with Gasteiger partial charge < -0.3 is 14.0 Å². The molecule has 1 heterocycles. The van der Waals surface area contributed by atoms with E-state index in [0.717, 1.165) is 6.42 Å². The fourth-order valence-corrected chi connectivity index (χ4v) is 1.26. The highest BCUT2D eigenvalue weighted by Crippen LogP contribution is 2.23. The van der Waals surface area contributed by atoms with Gasteiger partial charge in [0.2, 0.25) is 5.89 Å². The lowest BCUT2D eigenvalue weighted by molar-refractivity contribution is 0.0714. The Morgan fingerprint density at radius 3 is 2.88 bits per heavy atom. The van der Waals surface area contributed by atoms with Gasteiger partial charge in [-0.3, -0.25) is 0 Å². The lowest BCUT2D eigenvalue weighted by Gasteiger charge is -2.00. The number of alkyl halides is 1. The van der Waals surface area contributed by atoms with Crippen LogP contribution in [0.5, 0.6) is 0 Å². The van der Waals surface area contributed by atoms with E-state index in [2.05, 4.69) is 33.0 Å². The number of hydrogen-bond donors (Lipinski definition) is 0. The Morgan fingerprint density at radius 1 is 1.38 bits per heavy atom. The molecule has 1 aromatic heterocycles. The maximum Gasteiger partial charge on any atom is 0.240 e. The van der Waals surface area contributed by atoms with Crippen molar-refractivity contribution in [2.45, 2.75) is 24.6 Å². The first kappa shape index (κ1) is 13.6. The van der Waals surface area contributed by atoms with Crippen LogP contribution in [-0.4, -0.2) is 37.1 Å². The number of rotatable bonds is 8. The van der Waals surface area contributed by atoms with E-state index in [4.69, 9.17) is 14.0 Å². The summed E-state index contributed by atoms with van der Waals surface area (Å²) >= 11 is 3.46. The molecule has 0 N–H and O–H groups in total. The van der Waals surface area contributed by atoms with E-state index >= 15 is 0 Å². The van der Waals surface area contributed by atoms with Gasteiger partial charge in [-0.2, -0.15) is 4.98 Å². The van der Waals surface area contributed by atoms with Gasteiger partial charge in [0.25, 0.3) is 0 Å². The van der Waals surface area contributed by atoms with E-state index in [0.29, 0.717) is 38.0 Å². The van der Waals surface area contributed by atoms with E-state index in [1.54, 1.807) is 7.11 Å². The number of ether oxygens (including phenoxy) is 2. The standard InChI is InChI=1S/C10H17BrN2O3/c1-3-8(11)10-12-9(13-16-10)4-5-15-7-6-14-2/h8H,3-7H2,1-2H3. The molecule has 0 aliphatic heterocycles. The van der Waals surface area contributed by atoms with Crippen LogP contribution in [0.2, 0.25) is 0 Å². The number of methoxy groups -OCH3 is 1. The summed E-state index contributed by atoms with van der Waals surface area (Å²) in [6, 6.07) is 0. The normalized spacial score (nSPS) is 12.9. The first-order valence-corrected chi connectivity index (χ1v) is 6.22. The molecule has 0 amide bonds. The smallest absolute Gasteiger partial charge is 0.240 e. The zero-order chi connectivity index (χ0) is 11.8. The third-order valence-electron chi connectivity index (χ3n) is 2.01. The van der Waals surface area contributed by atoms with E-state index in [9.17, 15) is 0 Å². The Labute approximate surface area is 104 Å². The summed E-state index contributed by atoms with van der Waals surface area (Å²) in [4.78, 5) is 4.40. The summed E-state index contributed by atoms with van der Waals surface area (Å²) in [5, 5.41) is 3.88. The molecule has 1 rings (SSSR count). The summed E-state index contributed by atoms with van der Waals surface area (Å²) in [5.74, 6) is 1.32. The molecule has 92 valence electrons. The van der Waals surface area contributed by atoms with E-state index < -0.39 is 0 Å². The molecule has 1 atom stereocenters. The van der Waals surface area contributed by atoms with Crippen molar-refractivity contribution in [3.8, 4) is 0 Å². The van der Waals surface area contributed by atoms with Gasteiger partial charge in [0, 0.05) is 13.5 Å². The van der Waals surface area contributed by atoms with Crippen LogP contribution in [0.1, 0.15) is 29.9 Å². The van der Waals surface area contributed by atoms with Gasteiger partial charge in [-0.25, -0.2) is 0 Å². The zero-order valence-electron chi connectivity index (χ0n) is 9.61. The SMILES string of the molecule is CCC(Br)c1nc(CCOCCOC)no1. The van der Waals surface area contributed by atoms with Crippen LogP contribution >= 0.6 is 15.9 Å². The number of aromatic nitrogens is 2. The fourth-order valence-electron chi connectivity index (χ4n) is 1.08. The minimum absolute atomic E-state index is 0.142. The van der Waals surface area contributed by atoms with Crippen LogP contribution in [0.3, 0.4) is 0 Å². The van der Waals surface area contributed by atoms with Crippen LogP contribution in [-0.2, 0) is 15.9 Å². The van der Waals surface area contributed by atoms with Crippen molar-refractivity contribution < 1.29 is 14.0 Å². The van der Waals surface area contributed by atoms with Crippen LogP contribution in [0.4, 0.5) is 0 Å². The highest BCUT2D eigenvalue weighted by atomic mass is 79.9. The first-order chi connectivity index (χ1) is 7.77. The van der Waals surface area contributed by atoms with Crippen LogP contribution in [0.25, 0.3) is 0 Å². The van der Waals surface area contributed by atoms with Crippen molar-refractivity contribution in [3.05, 3.63) is 11.7 Å². The van der Waals surface area contributed by atoms with E-state index in [1.165, 1.54) is 0 Å². The molecule has 0 bridgehead atoms. The van der Waals surface area contributed by atoms with Crippen molar-refractivity contribution in [2.24, 2.45) is 0 Å². The Bertz CT molecular complexity index is 293. The van der Waals surface area contributed by atoms with Crippen molar-refractivity contribution in [3.63, 3.8) is 0 Å². The highest BCUT2D eigenvalue weighted by Gasteiger charge is 2.13. The molecule has 0 radical (unpaired) electrons. The lowest BCUT2D eigenvalue weighted by atomic mass is 10.3. The van der Waals surface area contributed by atoms with E-state index in [-0.39, 0.29) is 4.83 Å². The van der Waals surface area contributed by atoms with Gasteiger partial charge in [0.05, 0.1) is 24.6 Å². The second kappa shape index (κ2) is 7.76. The van der Waals surface area contributed by atoms with Gasteiger partial charge in [0.15, 0.2) is 5.82 Å². The molecule has 5 nitrogen and oxygen atoms in total. The molecule has 0 fully saturated rings. The molecular weight excluding hydrogens is 276 g/mol. The Balaban J connectivity index is 2.24. The van der Waals surface area contributed by atoms with E-state index in [1.807, 2.05) is 0 Å². The molecule has 0 saturated carbocycles. The lowest BCUT2D eigenvalue weighted by Crippen LogP contribution is -2.05. The number of nitrogens with zero attached hydrogens (tertiary/aromatic N) is 2. The van der Waals surface area contributed by atoms with Crippen LogP contribution < -0.4 is 0 Å². The van der Waals surface area contributed by atoms with Gasteiger partial charge in [-0.1, -0.05) is 28.0 Å². The zero-order valence-corrected chi connectivity index (χ0v) is 11.2. The van der Waals surface area contributed by atoms with Gasteiger partial charge in [-0.15, -0.1) is 0 Å². The topological polar surface area (TPSA) is 57.4 Å². The Hall–Kier alpha value is -0.460. The minimum Gasteiger partial charge on any atom is -0.382 e. The molecule has 0 spiro atoms. The predicted octanol–water partition coefficient (Wildman–Crippen LogP) is 2.12. The molecule has 1 unspecified atom stereocenters. The molecule has 0 saturated heterocycles. The van der Waals surface area contributed by atoms with Gasteiger partial charge in [0.1, 0.15) is 0 Å². The molecule has 0 aliphatic carbocycles. The number of hydrogen-bond acceptors (Lipinski definition) is 5. The van der Waals surface area contributed by atoms with Crippen molar-refractivity contribution in [1.82, 2.24) is 10.1 Å². The second-order valence-corrected chi connectivity index (χ2v) is 4.39. The monoisotopic (exact) mass is 292 g/mol. The average Bonchev–Trinajstić information content (AvgIpc) is 2.76. The fraction of sp³-hybridized carbons (Fsp3) is 0.800. The average molecular weight is 293 g/mol. The van der Waals surface area contributed by atoms with Crippen LogP contribution in [0.15, 0.2) is 4.52 Å². The first-order valence-electron chi connectivity index (χ1n) is 5.31. The molecule has 0 aliphatic rings. The second-order valence-electron chi connectivity index (χ2n) is 3.28. The minimum atomic E-state index is 0.142. The maximum atomic E-state index is 5.32. The van der Waals surface area contributed by atoms with Gasteiger partial charge >= 0.3 is 0 Å². The summed E-state index contributed by atoms with van der Waals surface area (Å²) < 4.78 is 15.3. The summed E-state index contributed by atoms with van der Waals surface area (Å²) in [6.07, 6.45) is 1.59. The summed E-state index contributed by atoms with van der Waals surface area (Å²) in [7, 11) is 1.65. The predicted molar refractivity (Wildman–Crippen MR) is 62.7 cm³/mol. The summed E-state index contributed by atoms with van der Waals surface area (Å²) in [5.41, 5.74) is 0. The largest absolute Gasteiger partial charge is 0.382 e. The number of halogens is 1.